The molecular formula is C14H27ClO. The first-order valence-corrected chi connectivity index (χ1v) is 7.27. The lowest BCUT2D eigenvalue weighted by Crippen LogP contribution is -1.82. The zero-order valence-corrected chi connectivity index (χ0v) is 11.2. The van der Waals surface area contributed by atoms with Gasteiger partial charge in [-0.2, -0.15) is 0 Å². The molecule has 0 radical (unpaired) electrons. The van der Waals surface area contributed by atoms with Gasteiger partial charge in [-0.05, 0) is 25.7 Å². The maximum absolute atomic E-state index is 8.57. The largest absolute Gasteiger partial charge is 0.396 e. The van der Waals surface area contributed by atoms with Crippen molar-refractivity contribution >= 4 is 11.6 Å². The molecule has 0 aliphatic rings. The van der Waals surface area contributed by atoms with E-state index in [4.69, 9.17) is 16.7 Å². The third kappa shape index (κ3) is 14.0. The van der Waals surface area contributed by atoms with Crippen molar-refractivity contribution in [3.8, 4) is 0 Å². The predicted molar refractivity (Wildman–Crippen MR) is 73.1 cm³/mol. The first kappa shape index (κ1) is 16.0. The number of hydrogen-bond acceptors (Lipinski definition) is 1. The maximum Gasteiger partial charge on any atom is 0.0465 e. The molecule has 0 amide bonds. The summed E-state index contributed by atoms with van der Waals surface area (Å²) in [6.07, 6.45) is 16.8. The van der Waals surface area contributed by atoms with Gasteiger partial charge in [-0.3, -0.25) is 0 Å². The lowest BCUT2D eigenvalue weighted by atomic mass is 10.1. The molecule has 0 aromatic rings. The van der Waals surface area contributed by atoms with Crippen LogP contribution in [-0.2, 0) is 0 Å². The Morgan fingerprint density at radius 2 is 1.19 bits per heavy atom. The van der Waals surface area contributed by atoms with Gasteiger partial charge in [0.2, 0.25) is 0 Å². The molecule has 96 valence electrons. The van der Waals surface area contributed by atoms with E-state index in [0.29, 0.717) is 0 Å². The Balaban J connectivity index is 2.93. The minimum Gasteiger partial charge on any atom is -0.396 e. The molecule has 0 fully saturated rings. The van der Waals surface area contributed by atoms with Crippen LogP contribution in [0.3, 0.4) is 0 Å². The number of hydrogen-bond donors (Lipinski definition) is 1. The van der Waals surface area contributed by atoms with Gasteiger partial charge in [0.15, 0.2) is 0 Å². The molecule has 0 aliphatic heterocycles. The number of alkyl halides is 1. The van der Waals surface area contributed by atoms with Gasteiger partial charge in [0, 0.05) is 12.5 Å². The number of allylic oxidation sites excluding steroid dienone is 1. The van der Waals surface area contributed by atoms with Crippen molar-refractivity contribution in [2.45, 2.75) is 64.2 Å². The van der Waals surface area contributed by atoms with Gasteiger partial charge < -0.3 is 5.11 Å². The molecule has 0 heterocycles. The van der Waals surface area contributed by atoms with E-state index >= 15 is 0 Å². The van der Waals surface area contributed by atoms with E-state index in [-0.39, 0.29) is 6.61 Å². The van der Waals surface area contributed by atoms with Crippen LogP contribution in [0.15, 0.2) is 12.2 Å². The summed E-state index contributed by atoms with van der Waals surface area (Å²) in [4.78, 5) is 0. The number of aliphatic hydroxyl groups is 1. The molecule has 0 spiro atoms. The Bertz CT molecular complexity index is 146. The summed E-state index contributed by atoms with van der Waals surface area (Å²) in [7, 11) is 0. The Kier molecular flexibility index (Phi) is 15.0. The number of halogens is 1. The fourth-order valence-corrected chi connectivity index (χ4v) is 1.92. The van der Waals surface area contributed by atoms with Gasteiger partial charge in [0.05, 0.1) is 0 Å². The third-order valence-electron chi connectivity index (χ3n) is 2.72. The fourth-order valence-electron chi connectivity index (χ4n) is 1.73. The monoisotopic (exact) mass is 246 g/mol. The smallest absolute Gasteiger partial charge is 0.0465 e. The standard InChI is InChI=1S/C14H27ClO/c15-13-11-9-7-5-3-1-2-4-6-8-10-12-14-16/h8,10,16H,1-7,9,11-14H2/b10-8-. The van der Waals surface area contributed by atoms with Crippen molar-refractivity contribution < 1.29 is 5.11 Å². The summed E-state index contributed by atoms with van der Waals surface area (Å²) in [6, 6.07) is 0. The van der Waals surface area contributed by atoms with E-state index in [2.05, 4.69) is 12.2 Å². The van der Waals surface area contributed by atoms with Crippen molar-refractivity contribution in [1.82, 2.24) is 0 Å². The van der Waals surface area contributed by atoms with E-state index in [1.54, 1.807) is 0 Å². The van der Waals surface area contributed by atoms with E-state index in [1.807, 2.05) is 0 Å². The van der Waals surface area contributed by atoms with Crippen LogP contribution in [0.5, 0.6) is 0 Å². The summed E-state index contributed by atoms with van der Waals surface area (Å²) in [5.41, 5.74) is 0. The molecule has 0 aromatic carbocycles. The number of unbranched alkanes of at least 4 members (excludes halogenated alkanes) is 8. The third-order valence-corrected chi connectivity index (χ3v) is 2.98. The highest BCUT2D eigenvalue weighted by Crippen LogP contribution is 2.10. The first-order chi connectivity index (χ1) is 7.91. The van der Waals surface area contributed by atoms with Crippen LogP contribution in [-0.4, -0.2) is 17.6 Å². The lowest BCUT2D eigenvalue weighted by molar-refractivity contribution is 0.302. The van der Waals surface area contributed by atoms with Crippen molar-refractivity contribution in [2.75, 3.05) is 12.5 Å². The summed E-state index contributed by atoms with van der Waals surface area (Å²) >= 11 is 5.61. The van der Waals surface area contributed by atoms with Crippen LogP contribution in [0.25, 0.3) is 0 Å². The van der Waals surface area contributed by atoms with Gasteiger partial charge in [-0.15, -0.1) is 11.6 Å². The molecule has 2 heteroatoms. The van der Waals surface area contributed by atoms with Crippen molar-refractivity contribution in [2.24, 2.45) is 0 Å². The number of rotatable bonds is 12. The molecule has 0 aromatic heterocycles. The Morgan fingerprint density at radius 1 is 0.688 bits per heavy atom. The van der Waals surface area contributed by atoms with Gasteiger partial charge in [0.25, 0.3) is 0 Å². The molecule has 0 unspecified atom stereocenters. The van der Waals surface area contributed by atoms with Crippen LogP contribution in [0.2, 0.25) is 0 Å². The van der Waals surface area contributed by atoms with E-state index in [9.17, 15) is 0 Å². The zero-order chi connectivity index (χ0) is 11.9. The van der Waals surface area contributed by atoms with Gasteiger partial charge in [0.1, 0.15) is 0 Å². The highest BCUT2D eigenvalue weighted by Gasteiger charge is 1.91. The minimum atomic E-state index is 0.277. The molecule has 1 N–H and O–H groups in total. The molecule has 16 heavy (non-hydrogen) atoms. The number of aliphatic hydroxyl groups excluding tert-OH is 1. The Hall–Kier alpha value is -0.0100. The highest BCUT2D eigenvalue weighted by molar-refractivity contribution is 6.17. The lowest BCUT2D eigenvalue weighted by Gasteiger charge is -2.00. The average Bonchev–Trinajstić information content (AvgIpc) is 2.31. The molecule has 0 bridgehead atoms. The SMILES string of the molecule is OCC/C=C\CCCCCCCCCCCl. The normalized spacial score (nSPS) is 11.4. The second kappa shape index (κ2) is 15.0. The van der Waals surface area contributed by atoms with Crippen LogP contribution >= 0.6 is 11.6 Å². The van der Waals surface area contributed by atoms with Crippen molar-refractivity contribution in [1.29, 1.82) is 0 Å². The maximum atomic E-state index is 8.57. The first-order valence-electron chi connectivity index (χ1n) is 6.73. The molecule has 0 rings (SSSR count). The highest BCUT2D eigenvalue weighted by atomic mass is 35.5. The summed E-state index contributed by atoms with van der Waals surface area (Å²) in [5.74, 6) is 0.820. The van der Waals surface area contributed by atoms with E-state index < -0.39 is 0 Å². The topological polar surface area (TPSA) is 20.2 Å². The second-order valence-corrected chi connectivity index (χ2v) is 4.67. The zero-order valence-electron chi connectivity index (χ0n) is 10.5. The molecule has 0 atom stereocenters. The minimum absolute atomic E-state index is 0.277. The Morgan fingerprint density at radius 3 is 1.75 bits per heavy atom. The van der Waals surface area contributed by atoms with Gasteiger partial charge in [-0.1, -0.05) is 50.7 Å². The van der Waals surface area contributed by atoms with Gasteiger partial charge in [-0.25, -0.2) is 0 Å². The van der Waals surface area contributed by atoms with Gasteiger partial charge >= 0.3 is 0 Å². The van der Waals surface area contributed by atoms with E-state index in [1.165, 1.54) is 57.8 Å². The van der Waals surface area contributed by atoms with Crippen molar-refractivity contribution in [3.63, 3.8) is 0 Å². The molecular weight excluding hydrogens is 220 g/mol. The molecule has 1 nitrogen and oxygen atoms in total. The second-order valence-electron chi connectivity index (χ2n) is 4.29. The predicted octanol–water partition coefficient (Wildman–Crippen LogP) is 4.67. The van der Waals surface area contributed by atoms with Crippen molar-refractivity contribution in [3.05, 3.63) is 12.2 Å². The van der Waals surface area contributed by atoms with Crippen LogP contribution < -0.4 is 0 Å². The fraction of sp³-hybridized carbons (Fsp3) is 0.857. The van der Waals surface area contributed by atoms with E-state index in [0.717, 1.165) is 12.3 Å². The van der Waals surface area contributed by atoms with Crippen LogP contribution in [0.1, 0.15) is 64.2 Å². The molecule has 0 saturated carbocycles. The van der Waals surface area contributed by atoms with Crippen LogP contribution in [0, 0.1) is 0 Å². The average molecular weight is 247 g/mol. The molecule has 0 aliphatic carbocycles. The van der Waals surface area contributed by atoms with Crippen LogP contribution in [0.4, 0.5) is 0 Å². The molecule has 0 saturated heterocycles. The summed E-state index contributed by atoms with van der Waals surface area (Å²) in [5, 5.41) is 8.57. The summed E-state index contributed by atoms with van der Waals surface area (Å²) < 4.78 is 0. The quantitative estimate of drug-likeness (QED) is 0.301. The Labute approximate surface area is 106 Å². The summed E-state index contributed by atoms with van der Waals surface area (Å²) in [6.45, 7) is 0.277.